The summed E-state index contributed by atoms with van der Waals surface area (Å²) < 4.78 is 26.7. The number of hydrogen-bond donors (Lipinski definition) is 2. The Labute approximate surface area is 161 Å². The fraction of sp³-hybridized carbons (Fsp3) is 0.294. The lowest BCUT2D eigenvalue weighted by Crippen LogP contribution is -2.51. The van der Waals surface area contributed by atoms with Crippen LogP contribution in [0.15, 0.2) is 52.1 Å². The number of amides is 3. The number of benzene rings is 1. The third-order valence-electron chi connectivity index (χ3n) is 4.07. The van der Waals surface area contributed by atoms with Crippen LogP contribution in [0.5, 0.6) is 0 Å². The molecular weight excluding hydrogens is 388 g/mol. The Kier molecular flexibility index (Phi) is 6.22. The number of hydrogen-bond acceptors (Lipinski definition) is 6. The van der Waals surface area contributed by atoms with Crippen molar-refractivity contribution >= 4 is 39.0 Å². The largest absolute Gasteiger partial charge is 0.325 e. The van der Waals surface area contributed by atoms with E-state index in [4.69, 9.17) is 0 Å². The second-order valence-electron chi connectivity index (χ2n) is 5.98. The molecule has 0 unspecified atom stereocenters. The van der Waals surface area contributed by atoms with E-state index in [-0.39, 0.29) is 6.54 Å². The number of anilines is 1. The Balaban J connectivity index is 1.45. The van der Waals surface area contributed by atoms with E-state index >= 15 is 0 Å². The zero-order valence-corrected chi connectivity index (χ0v) is 16.1. The van der Waals surface area contributed by atoms with Crippen LogP contribution < -0.4 is 10.6 Å². The summed E-state index contributed by atoms with van der Waals surface area (Å²) in [5.74, 6) is -0.432. The summed E-state index contributed by atoms with van der Waals surface area (Å²) in [7, 11) is -3.46. The Morgan fingerprint density at radius 3 is 2.33 bits per heavy atom. The van der Waals surface area contributed by atoms with Crippen LogP contribution in [0, 0.1) is 0 Å². The molecule has 1 saturated heterocycles. The minimum absolute atomic E-state index is 0.0368. The summed E-state index contributed by atoms with van der Waals surface area (Å²) in [6.45, 7) is 1.51. The van der Waals surface area contributed by atoms with Crippen molar-refractivity contribution in [1.29, 1.82) is 0 Å². The number of imide groups is 1. The first kappa shape index (κ1) is 19.5. The zero-order valence-electron chi connectivity index (χ0n) is 14.5. The molecule has 1 aromatic heterocycles. The van der Waals surface area contributed by atoms with Crippen LogP contribution in [0.25, 0.3) is 0 Å². The monoisotopic (exact) mass is 408 g/mol. The van der Waals surface area contributed by atoms with E-state index in [0.29, 0.717) is 36.1 Å². The molecule has 1 aliphatic heterocycles. The van der Waals surface area contributed by atoms with Gasteiger partial charge in [0.25, 0.3) is 10.0 Å². The number of piperazine rings is 1. The molecule has 1 fully saturated rings. The second-order valence-corrected chi connectivity index (χ2v) is 9.09. The van der Waals surface area contributed by atoms with Crippen LogP contribution in [0.2, 0.25) is 0 Å². The first-order chi connectivity index (χ1) is 12.9. The summed E-state index contributed by atoms with van der Waals surface area (Å²) in [6, 6.07) is 11.5. The van der Waals surface area contributed by atoms with Crippen LogP contribution in [0.1, 0.15) is 0 Å². The van der Waals surface area contributed by atoms with Crippen molar-refractivity contribution in [2.75, 3.05) is 38.0 Å². The van der Waals surface area contributed by atoms with E-state index in [0.717, 1.165) is 0 Å². The minimum atomic E-state index is -3.46. The van der Waals surface area contributed by atoms with E-state index in [2.05, 4.69) is 10.6 Å². The summed E-state index contributed by atoms with van der Waals surface area (Å²) >= 11 is 1.19. The number of thiophene rings is 1. The van der Waals surface area contributed by atoms with Gasteiger partial charge in [0.2, 0.25) is 5.91 Å². The van der Waals surface area contributed by atoms with Gasteiger partial charge in [0.15, 0.2) is 0 Å². The van der Waals surface area contributed by atoms with Gasteiger partial charge in [0, 0.05) is 31.9 Å². The summed E-state index contributed by atoms with van der Waals surface area (Å²) in [5.41, 5.74) is 0.593. The van der Waals surface area contributed by atoms with Crippen LogP contribution in [0.4, 0.5) is 10.5 Å². The van der Waals surface area contributed by atoms with Gasteiger partial charge in [-0.3, -0.25) is 15.0 Å². The summed E-state index contributed by atoms with van der Waals surface area (Å²) in [5, 5.41) is 6.59. The number of nitrogens with zero attached hydrogens (tertiary/aromatic N) is 2. The zero-order chi connectivity index (χ0) is 19.3. The highest BCUT2D eigenvalue weighted by molar-refractivity contribution is 7.91. The normalized spacial score (nSPS) is 16.0. The summed E-state index contributed by atoms with van der Waals surface area (Å²) in [4.78, 5) is 25.7. The van der Waals surface area contributed by atoms with Gasteiger partial charge in [0.1, 0.15) is 4.21 Å². The predicted molar refractivity (Wildman–Crippen MR) is 103 cm³/mol. The maximum atomic E-state index is 12.5. The molecule has 3 rings (SSSR count). The lowest BCUT2D eigenvalue weighted by Gasteiger charge is -2.33. The highest BCUT2D eigenvalue weighted by Gasteiger charge is 2.29. The van der Waals surface area contributed by atoms with Crippen LogP contribution in [-0.2, 0) is 14.8 Å². The fourth-order valence-corrected chi connectivity index (χ4v) is 5.29. The van der Waals surface area contributed by atoms with E-state index in [1.54, 1.807) is 41.8 Å². The molecule has 2 N–H and O–H groups in total. The third-order valence-corrected chi connectivity index (χ3v) is 7.34. The molecule has 0 spiro atoms. The first-order valence-electron chi connectivity index (χ1n) is 8.37. The lowest BCUT2D eigenvalue weighted by atomic mass is 10.3. The molecule has 0 radical (unpaired) electrons. The number of urea groups is 1. The quantitative estimate of drug-likeness (QED) is 0.779. The van der Waals surface area contributed by atoms with Gasteiger partial charge in [-0.1, -0.05) is 24.3 Å². The van der Waals surface area contributed by atoms with Gasteiger partial charge >= 0.3 is 6.03 Å². The van der Waals surface area contributed by atoms with E-state index in [1.165, 1.54) is 15.6 Å². The van der Waals surface area contributed by atoms with Crippen molar-refractivity contribution < 1.29 is 18.0 Å². The van der Waals surface area contributed by atoms with Gasteiger partial charge in [0.05, 0.1) is 6.54 Å². The second kappa shape index (κ2) is 8.61. The number of carbonyl (C=O) groups excluding carboxylic acids is 2. The molecule has 2 aromatic rings. The number of carbonyl (C=O) groups is 2. The van der Waals surface area contributed by atoms with Crippen molar-refractivity contribution in [2.45, 2.75) is 4.21 Å². The molecule has 0 saturated carbocycles. The Morgan fingerprint density at radius 1 is 1.00 bits per heavy atom. The van der Waals surface area contributed by atoms with E-state index < -0.39 is 22.0 Å². The number of rotatable bonds is 5. The summed E-state index contributed by atoms with van der Waals surface area (Å²) in [6.07, 6.45) is 0. The predicted octanol–water partition coefficient (Wildman–Crippen LogP) is 1.40. The number of nitrogens with one attached hydrogen (secondary N) is 2. The molecule has 1 aromatic carbocycles. The average Bonchev–Trinajstić information content (AvgIpc) is 3.18. The van der Waals surface area contributed by atoms with Crippen molar-refractivity contribution in [1.82, 2.24) is 14.5 Å². The Hall–Kier alpha value is -2.27. The molecule has 1 aliphatic rings. The molecule has 8 nitrogen and oxygen atoms in total. The Bertz CT molecular complexity index is 877. The van der Waals surface area contributed by atoms with E-state index in [9.17, 15) is 18.0 Å². The topological polar surface area (TPSA) is 98.8 Å². The van der Waals surface area contributed by atoms with Crippen LogP contribution in [-0.4, -0.2) is 62.3 Å². The molecule has 0 atom stereocenters. The molecule has 3 amide bonds. The van der Waals surface area contributed by atoms with Crippen molar-refractivity contribution in [3.63, 3.8) is 0 Å². The molecule has 2 heterocycles. The van der Waals surface area contributed by atoms with Gasteiger partial charge < -0.3 is 5.32 Å². The minimum Gasteiger partial charge on any atom is -0.308 e. The highest BCUT2D eigenvalue weighted by atomic mass is 32.2. The number of para-hydroxylation sites is 1. The first-order valence-corrected chi connectivity index (χ1v) is 10.7. The van der Waals surface area contributed by atoms with Gasteiger partial charge in [-0.05, 0) is 23.6 Å². The molecule has 144 valence electrons. The molecule has 0 bridgehead atoms. The average molecular weight is 409 g/mol. The highest BCUT2D eigenvalue weighted by Crippen LogP contribution is 2.21. The van der Waals surface area contributed by atoms with Gasteiger partial charge in [-0.25, -0.2) is 13.2 Å². The van der Waals surface area contributed by atoms with Gasteiger partial charge in [-0.2, -0.15) is 4.31 Å². The standard InChI is InChI=1S/C17H20N4O4S2/c22-15(19-17(23)18-14-5-2-1-3-6-14)13-20-8-10-21(11-9-20)27(24,25)16-7-4-12-26-16/h1-7,12H,8-11,13H2,(H2,18,19,22,23). The SMILES string of the molecule is O=C(CN1CCN(S(=O)(=O)c2cccs2)CC1)NC(=O)Nc1ccccc1. The lowest BCUT2D eigenvalue weighted by molar-refractivity contribution is -0.121. The molecular formula is C17H20N4O4S2. The van der Waals surface area contributed by atoms with E-state index in [1.807, 2.05) is 11.0 Å². The smallest absolute Gasteiger partial charge is 0.308 e. The van der Waals surface area contributed by atoms with Crippen molar-refractivity contribution in [3.05, 3.63) is 47.8 Å². The molecule has 10 heteroatoms. The maximum absolute atomic E-state index is 12.5. The number of sulfonamides is 1. The van der Waals surface area contributed by atoms with Crippen LogP contribution >= 0.6 is 11.3 Å². The van der Waals surface area contributed by atoms with Crippen molar-refractivity contribution in [3.8, 4) is 0 Å². The van der Waals surface area contributed by atoms with Gasteiger partial charge in [-0.15, -0.1) is 11.3 Å². The van der Waals surface area contributed by atoms with Crippen molar-refractivity contribution in [2.24, 2.45) is 0 Å². The molecule has 27 heavy (non-hydrogen) atoms. The van der Waals surface area contributed by atoms with Crippen LogP contribution in [0.3, 0.4) is 0 Å². The third kappa shape index (κ3) is 5.13. The molecule has 0 aliphatic carbocycles. The maximum Gasteiger partial charge on any atom is 0.325 e. The fourth-order valence-electron chi connectivity index (χ4n) is 2.72. The Morgan fingerprint density at radius 2 is 1.70 bits per heavy atom.